The highest BCUT2D eigenvalue weighted by Gasteiger charge is 2.76. The van der Waals surface area contributed by atoms with Gasteiger partial charge in [0.05, 0.1) is 19.1 Å². The smallest absolute Gasteiger partial charge is 0.408 e. The lowest BCUT2D eigenvalue weighted by Gasteiger charge is -2.32. The van der Waals surface area contributed by atoms with Crippen molar-refractivity contribution in [2.45, 2.75) is 71.3 Å². The third kappa shape index (κ3) is 4.84. The average Bonchev–Trinajstić information content (AvgIpc) is 3.29. The number of nitrogens with one attached hydrogen (secondary N) is 2. The summed E-state index contributed by atoms with van der Waals surface area (Å²) in [6.07, 6.45) is -2.58. The summed E-state index contributed by atoms with van der Waals surface area (Å²) in [4.78, 5) is 49.7. The highest BCUT2D eigenvalue weighted by molar-refractivity contribution is 5.94. The molecule has 0 radical (unpaired) electrons. The first-order chi connectivity index (χ1) is 13.9. The summed E-state index contributed by atoms with van der Waals surface area (Å²) >= 11 is 0. The molecular formula is C20H31FN2O7. The second kappa shape index (κ2) is 8.77. The maximum absolute atomic E-state index is 14.7. The molecule has 2 aliphatic carbocycles. The largest absolute Gasteiger partial charge is 0.466 e. The van der Waals surface area contributed by atoms with Crippen LogP contribution in [0.1, 0.15) is 48.0 Å². The summed E-state index contributed by atoms with van der Waals surface area (Å²) in [5, 5.41) is 4.94. The Bertz CT molecular complexity index is 708. The molecular weight excluding hydrogens is 399 g/mol. The molecule has 2 saturated carbocycles. The number of esters is 2. The third-order valence-electron chi connectivity index (χ3n) is 5.25. The lowest BCUT2D eigenvalue weighted by atomic mass is 9.89. The highest BCUT2D eigenvalue weighted by Crippen LogP contribution is 2.64. The number of carbonyl (C=O) groups excluding carboxylic acids is 4. The first-order valence-corrected chi connectivity index (χ1v) is 10.2. The van der Waals surface area contributed by atoms with E-state index in [1.54, 1.807) is 34.6 Å². The van der Waals surface area contributed by atoms with Crippen LogP contribution in [-0.2, 0) is 28.6 Å². The van der Waals surface area contributed by atoms with Crippen LogP contribution in [0.5, 0.6) is 0 Å². The number of rotatable bonds is 7. The van der Waals surface area contributed by atoms with Crippen molar-refractivity contribution in [1.82, 2.24) is 10.6 Å². The molecule has 0 aromatic heterocycles. The van der Waals surface area contributed by atoms with E-state index in [1.807, 2.05) is 0 Å². The monoisotopic (exact) mass is 430 g/mol. The number of alkyl carbamates (subject to hydrolysis) is 1. The van der Waals surface area contributed by atoms with Crippen molar-refractivity contribution < 1.29 is 37.8 Å². The Morgan fingerprint density at radius 2 is 1.73 bits per heavy atom. The minimum absolute atomic E-state index is 0.0284. The molecule has 0 spiro atoms. The van der Waals surface area contributed by atoms with Crippen LogP contribution < -0.4 is 10.6 Å². The molecule has 10 heteroatoms. The van der Waals surface area contributed by atoms with Crippen LogP contribution in [-0.4, -0.2) is 60.5 Å². The van der Waals surface area contributed by atoms with E-state index in [9.17, 15) is 23.6 Å². The fraction of sp³-hybridized carbons (Fsp3) is 0.800. The Kier molecular flexibility index (Phi) is 6.98. The Hall–Kier alpha value is -2.39. The molecule has 0 aromatic carbocycles. The van der Waals surface area contributed by atoms with Gasteiger partial charge < -0.3 is 24.8 Å². The van der Waals surface area contributed by atoms with E-state index in [4.69, 9.17) is 14.2 Å². The van der Waals surface area contributed by atoms with Crippen LogP contribution in [0.15, 0.2) is 0 Å². The van der Waals surface area contributed by atoms with Gasteiger partial charge in [-0.2, -0.15) is 0 Å². The summed E-state index contributed by atoms with van der Waals surface area (Å²) in [7, 11) is 0. The van der Waals surface area contributed by atoms with Gasteiger partial charge in [-0.25, -0.2) is 14.0 Å². The molecule has 30 heavy (non-hydrogen) atoms. The van der Waals surface area contributed by atoms with Crippen LogP contribution >= 0.6 is 0 Å². The number of fused-ring (bicyclic) bond motifs is 1. The van der Waals surface area contributed by atoms with Gasteiger partial charge in [-0.1, -0.05) is 0 Å². The fourth-order valence-electron chi connectivity index (χ4n) is 4.08. The number of amides is 2. The van der Waals surface area contributed by atoms with E-state index >= 15 is 0 Å². The van der Waals surface area contributed by atoms with Crippen LogP contribution in [0.2, 0.25) is 0 Å². The lowest BCUT2D eigenvalue weighted by molar-refractivity contribution is -0.156. The number of halogens is 1. The maximum Gasteiger partial charge on any atom is 0.408 e. The van der Waals surface area contributed by atoms with Gasteiger partial charge >= 0.3 is 18.0 Å². The maximum atomic E-state index is 14.7. The number of alkyl halides is 1. The van der Waals surface area contributed by atoms with E-state index in [0.717, 1.165) is 0 Å². The number of ether oxygens (including phenoxy) is 3. The summed E-state index contributed by atoms with van der Waals surface area (Å²) in [5.74, 6) is -4.42. The van der Waals surface area contributed by atoms with Gasteiger partial charge in [-0.3, -0.25) is 9.59 Å². The minimum Gasteiger partial charge on any atom is -0.466 e. The Balaban J connectivity index is 2.18. The van der Waals surface area contributed by atoms with Crippen LogP contribution in [0.3, 0.4) is 0 Å². The molecule has 2 amide bonds. The van der Waals surface area contributed by atoms with Gasteiger partial charge in [0.1, 0.15) is 23.4 Å². The predicted molar refractivity (Wildman–Crippen MR) is 103 cm³/mol. The van der Waals surface area contributed by atoms with Gasteiger partial charge in [0.2, 0.25) is 5.91 Å². The van der Waals surface area contributed by atoms with Crippen molar-refractivity contribution in [2.24, 2.45) is 17.8 Å². The normalized spacial score (nSPS) is 30.5. The molecule has 0 heterocycles. The molecule has 0 bridgehead atoms. The van der Waals surface area contributed by atoms with Crippen molar-refractivity contribution in [3.63, 3.8) is 0 Å². The zero-order valence-corrected chi connectivity index (χ0v) is 18.2. The third-order valence-corrected chi connectivity index (χ3v) is 5.25. The molecule has 2 rings (SSSR count). The molecule has 2 aliphatic rings. The highest BCUT2D eigenvalue weighted by atomic mass is 19.1. The van der Waals surface area contributed by atoms with Gasteiger partial charge in [0.15, 0.2) is 0 Å². The summed E-state index contributed by atoms with van der Waals surface area (Å²) in [5.41, 5.74) is -2.45. The van der Waals surface area contributed by atoms with Gasteiger partial charge in [0, 0.05) is 18.3 Å². The second-order valence-electron chi connectivity index (χ2n) is 8.65. The van der Waals surface area contributed by atoms with Crippen molar-refractivity contribution in [1.29, 1.82) is 0 Å². The second-order valence-corrected chi connectivity index (χ2v) is 8.65. The van der Waals surface area contributed by atoms with Crippen LogP contribution in [0.4, 0.5) is 9.18 Å². The van der Waals surface area contributed by atoms with E-state index < -0.39 is 65.0 Å². The fourth-order valence-corrected chi connectivity index (χ4v) is 4.08. The zero-order valence-electron chi connectivity index (χ0n) is 18.2. The molecule has 0 aromatic rings. The van der Waals surface area contributed by atoms with Gasteiger partial charge in [-0.05, 0) is 41.5 Å². The quantitative estimate of drug-likeness (QED) is 0.464. The van der Waals surface area contributed by atoms with Crippen molar-refractivity contribution in [3.05, 3.63) is 0 Å². The molecule has 170 valence electrons. The van der Waals surface area contributed by atoms with Crippen molar-refractivity contribution in [3.8, 4) is 0 Å². The molecule has 2 N–H and O–H groups in total. The van der Waals surface area contributed by atoms with Crippen LogP contribution in [0.25, 0.3) is 0 Å². The van der Waals surface area contributed by atoms with E-state index in [2.05, 4.69) is 10.6 Å². The first-order valence-electron chi connectivity index (χ1n) is 10.2. The Morgan fingerprint density at radius 3 is 2.27 bits per heavy atom. The lowest BCUT2D eigenvalue weighted by Crippen LogP contribution is -2.61. The predicted octanol–water partition coefficient (Wildman–Crippen LogP) is 1.48. The average molecular weight is 430 g/mol. The minimum atomic E-state index is -1.70. The SMILES string of the molecule is CCOC(=O)[C@H]1C2[C@H](F)C[C@@](NC(=O)[C@H](C)NC(=O)OC(C)(C)C)(C(=O)OCC)[C@@H]21. The number of hydrogen-bond acceptors (Lipinski definition) is 7. The van der Waals surface area contributed by atoms with E-state index in [0.29, 0.717) is 0 Å². The van der Waals surface area contributed by atoms with Crippen LogP contribution in [0, 0.1) is 17.8 Å². The molecule has 0 saturated heterocycles. The first kappa shape index (κ1) is 23.9. The molecule has 2 fully saturated rings. The topological polar surface area (TPSA) is 120 Å². The van der Waals surface area contributed by atoms with Gasteiger partial charge in [0.25, 0.3) is 0 Å². The zero-order chi connectivity index (χ0) is 22.9. The summed E-state index contributed by atoms with van der Waals surface area (Å²) < 4.78 is 29.9. The van der Waals surface area contributed by atoms with Crippen molar-refractivity contribution in [2.75, 3.05) is 13.2 Å². The summed E-state index contributed by atoms with van der Waals surface area (Å²) in [6, 6.07) is -1.07. The Labute approximate surface area is 175 Å². The number of carbonyl (C=O) groups is 4. The Morgan fingerprint density at radius 1 is 1.13 bits per heavy atom. The molecule has 0 aliphatic heterocycles. The molecule has 1 unspecified atom stereocenters. The standard InChI is InChI=1S/C20H31FN2O7/c1-7-28-16(25)13-12-11(21)9-20(14(12)13,17(26)29-8-2)23-15(24)10(3)22-18(27)30-19(4,5)6/h10-14H,7-9H2,1-6H3,(H,22,27)(H,23,24)/t10-,11+,12?,13-,14-,20-/m0/s1. The number of hydrogen-bond donors (Lipinski definition) is 2. The molecule has 6 atom stereocenters. The van der Waals surface area contributed by atoms with Crippen molar-refractivity contribution >= 4 is 23.9 Å². The summed E-state index contributed by atoms with van der Waals surface area (Å²) in [6.45, 7) is 9.82. The van der Waals surface area contributed by atoms with Gasteiger partial charge in [-0.15, -0.1) is 0 Å². The molecule has 9 nitrogen and oxygen atoms in total. The van der Waals surface area contributed by atoms with E-state index in [1.165, 1.54) is 6.92 Å². The van der Waals surface area contributed by atoms with E-state index in [-0.39, 0.29) is 19.6 Å².